The van der Waals surface area contributed by atoms with Gasteiger partial charge in [0.2, 0.25) is 0 Å². The van der Waals surface area contributed by atoms with Crippen LogP contribution in [0, 0.1) is 0 Å². The molecular weight excluding hydrogens is 466 g/mol. The van der Waals surface area contributed by atoms with Crippen LogP contribution >= 0.6 is 11.6 Å². The number of hydrogen-bond acceptors (Lipinski definition) is 5. The van der Waals surface area contributed by atoms with Gasteiger partial charge in [-0.05, 0) is 55.1 Å². The topological polar surface area (TPSA) is 114 Å². The van der Waals surface area contributed by atoms with Crippen molar-refractivity contribution in [3.63, 3.8) is 0 Å². The fourth-order valence-electron chi connectivity index (χ4n) is 2.74. The highest BCUT2D eigenvalue weighted by Crippen LogP contribution is 2.22. The largest absolute Gasteiger partial charge is 0.496 e. The summed E-state index contributed by atoms with van der Waals surface area (Å²) in [5.74, 6) is -0.154. The monoisotopic (exact) mass is 504 g/mol. The highest BCUT2D eigenvalue weighted by atomic mass is 35.5. The van der Waals surface area contributed by atoms with E-state index in [-0.39, 0.29) is 18.5 Å². The van der Waals surface area contributed by atoms with Gasteiger partial charge in [0.15, 0.2) is 0 Å². The van der Waals surface area contributed by atoms with Crippen molar-refractivity contribution < 1.29 is 37.8 Å². The van der Waals surface area contributed by atoms with E-state index in [1.165, 1.54) is 41.4 Å². The van der Waals surface area contributed by atoms with Crippen LogP contribution < -0.4 is 20.1 Å². The Labute approximate surface area is 214 Å². The molecule has 3 amide bonds. The second kappa shape index (κ2) is 11.4. The molecule has 33 heavy (non-hydrogen) atoms. The maximum Gasteiger partial charge on any atom is 0.328 e. The first-order valence-electron chi connectivity index (χ1n) is 15.0. The smallest absolute Gasteiger partial charge is 0.328 e. The lowest BCUT2D eigenvalue weighted by Gasteiger charge is -2.22. The van der Waals surface area contributed by atoms with Crippen LogP contribution in [0.1, 0.15) is 62.9 Å². The molecule has 0 heterocycles. The Kier molecular flexibility index (Phi) is 4.76. The molecule has 0 radical (unpaired) electrons. The Morgan fingerprint density at radius 3 is 2.52 bits per heavy atom. The van der Waals surface area contributed by atoms with Gasteiger partial charge in [0.05, 0.1) is 18.9 Å². The Bertz CT molecular complexity index is 1530. The van der Waals surface area contributed by atoms with Gasteiger partial charge >= 0.3 is 6.03 Å². The number of nitrogens with one attached hydrogen (secondary N) is 3. The Hall–Kier alpha value is -2.78. The van der Waals surface area contributed by atoms with E-state index in [4.69, 9.17) is 31.4 Å². The number of ether oxygens (including phenoxy) is 1. The summed E-state index contributed by atoms with van der Waals surface area (Å²) in [6.45, 7) is 0.135. The van der Waals surface area contributed by atoms with Crippen molar-refractivity contribution in [3.05, 3.63) is 58.6 Å². The van der Waals surface area contributed by atoms with Crippen molar-refractivity contribution in [2.24, 2.45) is 0 Å². The van der Waals surface area contributed by atoms with Crippen molar-refractivity contribution >= 4 is 33.6 Å². The van der Waals surface area contributed by atoms with E-state index >= 15 is 0 Å². The van der Waals surface area contributed by atoms with E-state index in [2.05, 4.69) is 5.32 Å². The fraction of sp³-hybridized carbons (Fsp3) is 0.391. The molecule has 1 aliphatic rings. The molecule has 8 nitrogen and oxygen atoms in total. The van der Waals surface area contributed by atoms with Crippen molar-refractivity contribution in [2.75, 3.05) is 13.7 Å². The molecule has 0 aliphatic heterocycles. The van der Waals surface area contributed by atoms with Gasteiger partial charge in [-0.2, -0.15) is 0 Å². The molecule has 0 saturated heterocycles. The highest BCUT2D eigenvalue weighted by molar-refractivity contribution is 7.90. The van der Waals surface area contributed by atoms with Crippen LogP contribution in [0.3, 0.4) is 0 Å². The lowest BCUT2D eigenvalue weighted by Crippen LogP contribution is -2.45. The third-order valence-corrected chi connectivity index (χ3v) is 5.89. The highest BCUT2D eigenvalue weighted by Gasteiger charge is 2.21. The number of hydrogen-bond donors (Lipinski definition) is 3. The number of amides is 3. The van der Waals surface area contributed by atoms with Gasteiger partial charge in [0.25, 0.3) is 15.9 Å². The normalized spacial score (nSPS) is 27.9. The average molecular weight is 505 g/mol. The minimum atomic E-state index is -4.74. The van der Waals surface area contributed by atoms with E-state index in [0.717, 1.165) is 12.1 Å². The molecule has 2 aromatic carbocycles. The molecular formula is C23H28ClN3O5S. The molecule has 0 spiro atoms. The second-order valence-corrected chi connectivity index (χ2v) is 8.67. The van der Waals surface area contributed by atoms with E-state index in [1.54, 1.807) is 6.07 Å². The molecule has 0 bridgehead atoms. The van der Waals surface area contributed by atoms with Gasteiger partial charge in [-0.25, -0.2) is 17.9 Å². The average Bonchev–Trinajstić information content (AvgIpc) is 2.91. The number of benzene rings is 2. The molecule has 10 heteroatoms. The Morgan fingerprint density at radius 1 is 1.15 bits per heavy atom. The first-order valence-corrected chi connectivity index (χ1v) is 11.3. The van der Waals surface area contributed by atoms with E-state index in [0.29, 0.717) is 16.3 Å². The summed E-state index contributed by atoms with van der Waals surface area (Å²) in [5, 5.41) is 4.41. The molecule has 3 N–H and O–H groups in total. The first kappa shape index (κ1) is 13.8. The van der Waals surface area contributed by atoms with Crippen LogP contribution in [0.4, 0.5) is 4.79 Å². The summed E-state index contributed by atoms with van der Waals surface area (Å²) in [6, 6.07) is 3.72. The summed E-state index contributed by atoms with van der Waals surface area (Å²) < 4.78 is 120. The van der Waals surface area contributed by atoms with Crippen LogP contribution in [0.2, 0.25) is 5.02 Å². The van der Waals surface area contributed by atoms with Crippen LogP contribution in [-0.2, 0) is 16.4 Å². The second-order valence-electron chi connectivity index (χ2n) is 6.55. The van der Waals surface area contributed by atoms with Gasteiger partial charge in [-0.15, -0.1) is 0 Å². The van der Waals surface area contributed by atoms with Crippen LogP contribution in [0.15, 0.2) is 47.4 Å². The van der Waals surface area contributed by atoms with Crippen molar-refractivity contribution in [2.45, 2.75) is 49.2 Å². The number of methoxy groups -OCH3 is 1. The predicted octanol–water partition coefficient (Wildman–Crippen LogP) is 3.64. The zero-order valence-electron chi connectivity index (χ0n) is 28.3. The van der Waals surface area contributed by atoms with Crippen molar-refractivity contribution in [1.82, 2.24) is 15.4 Å². The molecule has 0 aromatic heterocycles. The molecule has 0 unspecified atom stereocenters. The number of carbonyl (C=O) groups is 2. The molecule has 3 rings (SSSR count). The zero-order chi connectivity index (χ0) is 33.7. The van der Waals surface area contributed by atoms with E-state index < -0.39 is 64.7 Å². The van der Waals surface area contributed by atoms with Crippen molar-refractivity contribution in [1.29, 1.82) is 0 Å². The minimum Gasteiger partial charge on any atom is -0.496 e. The Balaban J connectivity index is 1.72. The van der Waals surface area contributed by atoms with Crippen LogP contribution in [0.25, 0.3) is 0 Å². The molecule has 1 fully saturated rings. The number of urea groups is 1. The zero-order valence-corrected chi connectivity index (χ0v) is 18.9. The SMILES string of the molecule is [2H]C1([2H])C([2H])([2H])C([2H])([2H])C([2H])(NC(=O)NS(=O)(=O)c2ccc(CCNC(=O)c3cc(Cl)ccc3OC)cc2)C([2H])([2H])C1([2H])[2H]. The molecule has 178 valence electrons. The quantitative estimate of drug-likeness (QED) is 0.508. The summed E-state index contributed by atoms with van der Waals surface area (Å²) in [7, 11) is -3.34. The number of carbonyl (C=O) groups excluding carboxylic acids is 2. The number of sulfonamides is 1. The van der Waals surface area contributed by atoms with Gasteiger partial charge < -0.3 is 15.4 Å². The van der Waals surface area contributed by atoms with E-state index in [9.17, 15) is 18.0 Å². The van der Waals surface area contributed by atoms with E-state index in [1.807, 2.05) is 0 Å². The molecule has 1 aliphatic carbocycles. The van der Waals surface area contributed by atoms with Crippen molar-refractivity contribution in [3.8, 4) is 5.75 Å². The summed E-state index contributed by atoms with van der Waals surface area (Å²) in [4.78, 5) is 24.7. The fourth-order valence-corrected chi connectivity index (χ4v) is 3.82. The van der Waals surface area contributed by atoms with Crippen LogP contribution in [0.5, 0.6) is 5.75 Å². The molecule has 1 saturated carbocycles. The van der Waals surface area contributed by atoms with Crippen LogP contribution in [-0.4, -0.2) is 40.0 Å². The summed E-state index contributed by atoms with van der Waals surface area (Å²) >= 11 is 5.94. The van der Waals surface area contributed by atoms with Gasteiger partial charge in [-0.1, -0.05) is 42.9 Å². The standard InChI is InChI=1S/C23H28ClN3O5S/c1-32-21-12-9-17(24)15-20(21)22(28)25-14-13-16-7-10-19(11-8-16)33(30,31)27-23(29)26-18-5-3-2-4-6-18/h7-12,15,18H,2-6,13-14H2,1H3,(H,25,28)(H2,26,27,29)/i2D2,3D2,4D2,5D2,6D2,18D. The summed E-state index contributed by atoms with van der Waals surface area (Å²) in [6.07, 6.45) is -19.1. The van der Waals surface area contributed by atoms with Gasteiger partial charge in [0, 0.05) is 31.3 Å². The van der Waals surface area contributed by atoms with Gasteiger partial charge in [0.1, 0.15) is 5.75 Å². The lowest BCUT2D eigenvalue weighted by atomic mass is 9.96. The minimum absolute atomic E-state index is 0.135. The lowest BCUT2D eigenvalue weighted by molar-refractivity contribution is 0.0951. The predicted molar refractivity (Wildman–Crippen MR) is 126 cm³/mol. The first-order chi connectivity index (χ1) is 19.9. The maximum absolute atomic E-state index is 12.8. The molecule has 2 aromatic rings. The third kappa shape index (κ3) is 7.10. The maximum atomic E-state index is 12.8. The number of rotatable bonds is 8. The number of halogens is 1. The third-order valence-electron chi connectivity index (χ3n) is 4.30. The molecule has 0 atom stereocenters. The Morgan fingerprint density at radius 2 is 1.85 bits per heavy atom. The van der Waals surface area contributed by atoms with Gasteiger partial charge in [-0.3, -0.25) is 4.79 Å². The summed E-state index contributed by atoms with van der Waals surface area (Å²) in [5.41, 5.74) is 0.778.